The van der Waals surface area contributed by atoms with E-state index >= 15 is 0 Å². The lowest BCUT2D eigenvalue weighted by atomic mass is 10.1. The second-order valence-electron chi connectivity index (χ2n) is 5.20. The third-order valence-corrected chi connectivity index (χ3v) is 5.04. The first-order valence-corrected chi connectivity index (χ1v) is 8.47. The number of nitrogens with one attached hydrogen (secondary N) is 1. The molecule has 0 bridgehead atoms. The third kappa shape index (κ3) is 3.38. The van der Waals surface area contributed by atoms with Crippen molar-refractivity contribution in [3.05, 3.63) is 47.9 Å². The molecule has 1 aliphatic heterocycles. The molecule has 0 aliphatic carbocycles. The van der Waals surface area contributed by atoms with E-state index in [4.69, 9.17) is 14.3 Å². The van der Waals surface area contributed by atoms with Gasteiger partial charge in [-0.05, 0) is 41.8 Å². The minimum atomic E-state index is -3.66. The van der Waals surface area contributed by atoms with Gasteiger partial charge in [-0.1, -0.05) is 0 Å². The van der Waals surface area contributed by atoms with Crippen LogP contribution >= 0.6 is 0 Å². The van der Waals surface area contributed by atoms with E-state index in [1.54, 1.807) is 12.3 Å². The molecule has 122 valence electrons. The number of hydrogen-bond donors (Lipinski definition) is 2. The third-order valence-electron chi connectivity index (χ3n) is 3.58. The summed E-state index contributed by atoms with van der Waals surface area (Å²) in [6.45, 7) is 0.243. The van der Waals surface area contributed by atoms with Crippen LogP contribution in [0.4, 0.5) is 0 Å². The van der Waals surface area contributed by atoms with Gasteiger partial charge in [0, 0.05) is 13.0 Å². The summed E-state index contributed by atoms with van der Waals surface area (Å²) in [7, 11) is -3.66. The molecule has 2 N–H and O–H groups in total. The Balaban J connectivity index is 1.69. The van der Waals surface area contributed by atoms with Gasteiger partial charge in [0.2, 0.25) is 10.0 Å². The van der Waals surface area contributed by atoms with Crippen molar-refractivity contribution in [1.29, 1.82) is 0 Å². The molecule has 0 amide bonds. The molecule has 2 aromatic rings. The maximum absolute atomic E-state index is 12.3. The van der Waals surface area contributed by atoms with Gasteiger partial charge in [-0.15, -0.1) is 0 Å². The zero-order valence-corrected chi connectivity index (χ0v) is 12.9. The summed E-state index contributed by atoms with van der Waals surface area (Å²) >= 11 is 0. The van der Waals surface area contributed by atoms with E-state index in [1.807, 2.05) is 0 Å². The molecule has 0 saturated heterocycles. The Hall–Kier alpha value is -2.32. The summed E-state index contributed by atoms with van der Waals surface area (Å²) in [6, 6.07) is 6.12. The van der Waals surface area contributed by atoms with Gasteiger partial charge in [-0.25, -0.2) is 17.9 Å². The first kappa shape index (κ1) is 15.6. The zero-order valence-electron chi connectivity index (χ0n) is 12.1. The van der Waals surface area contributed by atoms with Gasteiger partial charge in [-0.3, -0.25) is 0 Å². The second kappa shape index (κ2) is 6.05. The Morgan fingerprint density at radius 2 is 2.17 bits per heavy atom. The lowest BCUT2D eigenvalue weighted by molar-refractivity contribution is -0.144. The van der Waals surface area contributed by atoms with Crippen molar-refractivity contribution >= 4 is 16.0 Å². The maximum Gasteiger partial charge on any atom is 0.345 e. The number of carboxylic acid groups (broad SMARTS) is 1. The molecule has 1 atom stereocenters. The number of rotatable bonds is 6. The van der Waals surface area contributed by atoms with Crippen LogP contribution in [0, 0.1) is 0 Å². The van der Waals surface area contributed by atoms with Crippen molar-refractivity contribution in [3.8, 4) is 5.75 Å². The normalized spacial score (nSPS) is 16.8. The van der Waals surface area contributed by atoms with Crippen molar-refractivity contribution in [2.24, 2.45) is 0 Å². The summed E-state index contributed by atoms with van der Waals surface area (Å²) in [5, 5.41) is 8.96. The van der Waals surface area contributed by atoms with Crippen LogP contribution in [0.1, 0.15) is 11.1 Å². The van der Waals surface area contributed by atoms with Crippen LogP contribution in [-0.4, -0.2) is 32.1 Å². The van der Waals surface area contributed by atoms with E-state index in [2.05, 4.69) is 4.72 Å². The predicted molar refractivity (Wildman–Crippen MR) is 79.8 cm³/mol. The van der Waals surface area contributed by atoms with Gasteiger partial charge in [-0.2, -0.15) is 0 Å². The molecule has 1 aromatic carbocycles. The topological polar surface area (TPSA) is 106 Å². The Labute approximate surface area is 132 Å². The SMILES string of the molecule is O=C(O)C1Cc2cc(S(=O)(=O)NCCc3ccoc3)ccc2O1. The molecular formula is C15H15NO6S. The molecule has 7 nitrogen and oxygen atoms in total. The van der Waals surface area contributed by atoms with Crippen molar-refractivity contribution in [3.63, 3.8) is 0 Å². The highest BCUT2D eigenvalue weighted by Gasteiger charge is 2.30. The molecule has 1 unspecified atom stereocenters. The zero-order chi connectivity index (χ0) is 16.4. The predicted octanol–water partition coefficient (Wildman–Crippen LogP) is 1.19. The fourth-order valence-electron chi connectivity index (χ4n) is 2.38. The van der Waals surface area contributed by atoms with Crippen LogP contribution in [0.2, 0.25) is 0 Å². The fraction of sp³-hybridized carbons (Fsp3) is 0.267. The molecule has 0 radical (unpaired) electrons. The minimum absolute atomic E-state index is 0.0954. The highest BCUT2D eigenvalue weighted by atomic mass is 32.2. The second-order valence-corrected chi connectivity index (χ2v) is 6.96. The van der Waals surface area contributed by atoms with Crippen LogP contribution in [0.3, 0.4) is 0 Å². The Bertz CT molecular complexity index is 812. The lowest BCUT2D eigenvalue weighted by Crippen LogP contribution is -2.26. The smallest absolute Gasteiger partial charge is 0.345 e. The van der Waals surface area contributed by atoms with Gasteiger partial charge in [0.15, 0.2) is 6.10 Å². The quantitative estimate of drug-likeness (QED) is 0.820. The first-order valence-electron chi connectivity index (χ1n) is 6.99. The van der Waals surface area contributed by atoms with E-state index < -0.39 is 22.1 Å². The van der Waals surface area contributed by atoms with Crippen molar-refractivity contribution in [1.82, 2.24) is 4.72 Å². The summed E-state index contributed by atoms with van der Waals surface area (Å²) in [6.07, 6.45) is 2.81. The maximum atomic E-state index is 12.3. The Morgan fingerprint density at radius 1 is 1.35 bits per heavy atom. The average Bonchev–Trinajstić information content (AvgIpc) is 3.15. The standard InChI is InChI=1S/C15H15NO6S/c17-15(18)14-8-11-7-12(1-2-13(11)22-14)23(19,20)16-5-3-10-4-6-21-9-10/h1-2,4,6-7,9,14,16H,3,5,8H2,(H,17,18). The molecule has 0 spiro atoms. The highest BCUT2D eigenvalue weighted by Crippen LogP contribution is 2.30. The van der Waals surface area contributed by atoms with Crippen molar-refractivity contribution in [2.75, 3.05) is 6.54 Å². The van der Waals surface area contributed by atoms with Gasteiger partial charge in [0.25, 0.3) is 0 Å². The van der Waals surface area contributed by atoms with Crippen LogP contribution in [0.25, 0.3) is 0 Å². The summed E-state index contributed by atoms with van der Waals surface area (Å²) in [4.78, 5) is 11.0. The average molecular weight is 337 g/mol. The van der Waals surface area contributed by atoms with E-state index in [9.17, 15) is 13.2 Å². The van der Waals surface area contributed by atoms with Gasteiger partial charge < -0.3 is 14.3 Å². The number of carbonyl (C=O) groups is 1. The van der Waals surface area contributed by atoms with Crippen LogP contribution in [0.15, 0.2) is 46.1 Å². The number of furan rings is 1. The summed E-state index contributed by atoms with van der Waals surface area (Å²) in [5.74, 6) is -0.654. The van der Waals surface area contributed by atoms with Crippen LogP contribution in [-0.2, 0) is 27.7 Å². The minimum Gasteiger partial charge on any atom is -0.478 e. The lowest BCUT2D eigenvalue weighted by Gasteiger charge is -2.07. The number of fused-ring (bicyclic) bond motifs is 1. The van der Waals surface area contributed by atoms with Gasteiger partial charge in [0.05, 0.1) is 17.4 Å². The van der Waals surface area contributed by atoms with Gasteiger partial charge in [0.1, 0.15) is 5.75 Å². The summed E-state index contributed by atoms with van der Waals surface area (Å²) in [5.41, 5.74) is 1.48. The Kier molecular flexibility index (Phi) is 4.10. The largest absolute Gasteiger partial charge is 0.478 e. The van der Waals surface area contributed by atoms with E-state index in [-0.39, 0.29) is 17.9 Å². The molecule has 0 saturated carbocycles. The molecule has 0 fully saturated rings. The summed E-state index contributed by atoms with van der Waals surface area (Å²) < 4.78 is 37.2. The van der Waals surface area contributed by atoms with Crippen LogP contribution in [0.5, 0.6) is 5.75 Å². The number of ether oxygens (including phenoxy) is 1. The number of benzene rings is 1. The van der Waals surface area contributed by atoms with Crippen molar-refractivity contribution < 1.29 is 27.5 Å². The Morgan fingerprint density at radius 3 is 2.87 bits per heavy atom. The fourth-order valence-corrected chi connectivity index (χ4v) is 3.46. The number of sulfonamides is 1. The molecule has 1 aromatic heterocycles. The van der Waals surface area contributed by atoms with Crippen LogP contribution < -0.4 is 9.46 Å². The molecule has 8 heteroatoms. The molecule has 3 rings (SSSR count). The molecule has 1 aliphatic rings. The van der Waals surface area contributed by atoms with E-state index in [0.29, 0.717) is 17.7 Å². The number of carboxylic acids is 1. The first-order chi connectivity index (χ1) is 11.0. The highest BCUT2D eigenvalue weighted by molar-refractivity contribution is 7.89. The monoisotopic (exact) mass is 337 g/mol. The number of hydrogen-bond acceptors (Lipinski definition) is 5. The van der Waals surface area contributed by atoms with E-state index in [1.165, 1.54) is 24.5 Å². The molecular weight excluding hydrogens is 322 g/mol. The number of aliphatic carboxylic acids is 1. The van der Waals surface area contributed by atoms with Gasteiger partial charge >= 0.3 is 5.97 Å². The van der Waals surface area contributed by atoms with E-state index in [0.717, 1.165) is 5.56 Å². The van der Waals surface area contributed by atoms with Crippen molar-refractivity contribution in [2.45, 2.75) is 23.8 Å². The molecule has 2 heterocycles. The molecule has 23 heavy (non-hydrogen) atoms.